The molecule has 0 bridgehead atoms. The number of amides is 4. The Morgan fingerprint density at radius 2 is 1.90 bits per heavy atom. The summed E-state index contributed by atoms with van der Waals surface area (Å²) < 4.78 is 5.66. The van der Waals surface area contributed by atoms with E-state index in [1.54, 1.807) is 6.92 Å². The molecule has 0 saturated carbocycles. The number of aromatic hydroxyl groups is 1. The predicted octanol–water partition coefficient (Wildman–Crippen LogP) is 4.53. The summed E-state index contributed by atoms with van der Waals surface area (Å²) in [6, 6.07) is 6.29. The second kappa shape index (κ2) is 8.44. The van der Waals surface area contributed by atoms with Gasteiger partial charge in [0.1, 0.15) is 5.57 Å². The average molecular weight is 500 g/mol. The number of nitrogens with zero attached hydrogens (tertiary/aromatic N) is 1. The smallest absolute Gasteiger partial charge is 0.335 e. The van der Waals surface area contributed by atoms with Crippen LogP contribution in [0, 0.1) is 0 Å². The van der Waals surface area contributed by atoms with Gasteiger partial charge < -0.3 is 9.84 Å². The first-order valence-electron chi connectivity index (χ1n) is 8.24. The zero-order valence-electron chi connectivity index (χ0n) is 14.8. The molecule has 2 aromatic rings. The lowest BCUT2D eigenvalue weighted by molar-refractivity contribution is -0.122. The van der Waals surface area contributed by atoms with Gasteiger partial charge in [0.05, 0.1) is 26.8 Å². The Hall–Kier alpha value is -2.55. The van der Waals surface area contributed by atoms with E-state index < -0.39 is 17.8 Å². The number of carbonyl (C=O) groups is 3. The summed E-state index contributed by atoms with van der Waals surface area (Å²) in [6.45, 7) is 2.05. The van der Waals surface area contributed by atoms with Gasteiger partial charge in [-0.1, -0.05) is 23.2 Å². The highest BCUT2D eigenvalue weighted by Crippen LogP contribution is 2.36. The molecule has 4 amide bonds. The van der Waals surface area contributed by atoms with E-state index in [0.717, 1.165) is 4.90 Å². The van der Waals surface area contributed by atoms with Crippen molar-refractivity contribution in [3.8, 4) is 11.5 Å². The summed E-state index contributed by atoms with van der Waals surface area (Å²) in [5.41, 5.74) is 0.276. The van der Waals surface area contributed by atoms with Gasteiger partial charge in [0.2, 0.25) is 0 Å². The number of hydrogen-bond donors (Lipinski definition) is 2. The van der Waals surface area contributed by atoms with Crippen LogP contribution in [-0.2, 0) is 9.59 Å². The summed E-state index contributed by atoms with van der Waals surface area (Å²) in [5, 5.41) is 12.5. The number of barbiturate groups is 1. The third kappa shape index (κ3) is 4.24. The number of anilines is 1. The van der Waals surface area contributed by atoms with Crippen molar-refractivity contribution in [2.75, 3.05) is 11.5 Å². The van der Waals surface area contributed by atoms with Crippen molar-refractivity contribution in [1.82, 2.24) is 5.32 Å². The van der Waals surface area contributed by atoms with Crippen molar-refractivity contribution in [2.24, 2.45) is 0 Å². The van der Waals surface area contributed by atoms with Crippen LogP contribution in [0.15, 0.2) is 40.4 Å². The van der Waals surface area contributed by atoms with Crippen LogP contribution in [0.2, 0.25) is 10.0 Å². The van der Waals surface area contributed by atoms with Crippen LogP contribution in [0.25, 0.3) is 6.08 Å². The summed E-state index contributed by atoms with van der Waals surface area (Å²) in [6.07, 6.45) is 1.29. The number of benzene rings is 2. The molecule has 150 valence electrons. The van der Waals surface area contributed by atoms with Crippen LogP contribution in [0.1, 0.15) is 12.5 Å². The average Bonchev–Trinajstić information content (AvgIpc) is 2.65. The van der Waals surface area contributed by atoms with Crippen molar-refractivity contribution in [3.05, 3.63) is 56.0 Å². The predicted molar refractivity (Wildman–Crippen MR) is 112 cm³/mol. The van der Waals surface area contributed by atoms with E-state index in [9.17, 15) is 19.5 Å². The van der Waals surface area contributed by atoms with E-state index in [-0.39, 0.29) is 32.8 Å². The fourth-order valence-corrected chi connectivity index (χ4v) is 3.38. The summed E-state index contributed by atoms with van der Waals surface area (Å²) in [7, 11) is 0. The quantitative estimate of drug-likeness (QED) is 0.476. The van der Waals surface area contributed by atoms with Crippen LogP contribution >= 0.6 is 39.1 Å². The fourth-order valence-electron chi connectivity index (χ4n) is 2.63. The van der Waals surface area contributed by atoms with Gasteiger partial charge >= 0.3 is 6.03 Å². The van der Waals surface area contributed by atoms with E-state index in [0.29, 0.717) is 16.6 Å². The van der Waals surface area contributed by atoms with Gasteiger partial charge in [-0.15, -0.1) is 0 Å². The molecular weight excluding hydrogens is 487 g/mol. The molecule has 1 aliphatic rings. The molecule has 1 fully saturated rings. The van der Waals surface area contributed by atoms with E-state index in [4.69, 9.17) is 27.9 Å². The highest BCUT2D eigenvalue weighted by atomic mass is 79.9. The van der Waals surface area contributed by atoms with Gasteiger partial charge in [-0.25, -0.2) is 9.69 Å². The first-order chi connectivity index (χ1) is 13.7. The minimum absolute atomic E-state index is 0.110. The minimum atomic E-state index is -0.905. The molecule has 0 unspecified atom stereocenters. The number of phenolic OH excluding ortho intramolecular Hbond substituents is 1. The Morgan fingerprint density at radius 1 is 1.17 bits per heavy atom. The Morgan fingerprint density at radius 3 is 2.55 bits per heavy atom. The van der Waals surface area contributed by atoms with Crippen LogP contribution < -0.4 is 15.0 Å². The number of urea groups is 1. The number of rotatable bonds is 4. The van der Waals surface area contributed by atoms with Crippen LogP contribution in [0.4, 0.5) is 10.5 Å². The summed E-state index contributed by atoms with van der Waals surface area (Å²) >= 11 is 15.1. The minimum Gasteiger partial charge on any atom is -0.503 e. The maximum Gasteiger partial charge on any atom is 0.335 e. The van der Waals surface area contributed by atoms with E-state index >= 15 is 0 Å². The van der Waals surface area contributed by atoms with E-state index in [1.165, 1.54) is 36.4 Å². The van der Waals surface area contributed by atoms with Crippen LogP contribution in [0.3, 0.4) is 0 Å². The molecule has 0 radical (unpaired) electrons. The second-order valence-electron chi connectivity index (χ2n) is 5.84. The zero-order chi connectivity index (χ0) is 21.3. The number of ether oxygens (including phenoxy) is 1. The monoisotopic (exact) mass is 498 g/mol. The van der Waals surface area contributed by atoms with Crippen LogP contribution in [0.5, 0.6) is 11.5 Å². The molecule has 2 aromatic carbocycles. The number of carbonyl (C=O) groups excluding carboxylic acids is 3. The molecule has 1 heterocycles. The Kier molecular flexibility index (Phi) is 6.16. The van der Waals surface area contributed by atoms with Gasteiger partial charge in [0.15, 0.2) is 11.5 Å². The van der Waals surface area contributed by atoms with E-state index in [1.807, 2.05) is 0 Å². The lowest BCUT2D eigenvalue weighted by Crippen LogP contribution is -2.54. The third-order valence-electron chi connectivity index (χ3n) is 3.92. The Balaban J connectivity index is 2.05. The fraction of sp³-hybridized carbons (Fsp3) is 0.105. The van der Waals surface area contributed by atoms with Gasteiger partial charge in [0.25, 0.3) is 11.8 Å². The molecule has 0 spiro atoms. The molecule has 1 saturated heterocycles. The number of hydrogen-bond acceptors (Lipinski definition) is 5. The molecule has 7 nitrogen and oxygen atoms in total. The van der Waals surface area contributed by atoms with Gasteiger partial charge in [0, 0.05) is 0 Å². The lowest BCUT2D eigenvalue weighted by atomic mass is 10.1. The molecule has 10 heteroatoms. The number of halogens is 3. The largest absolute Gasteiger partial charge is 0.503 e. The third-order valence-corrected chi connectivity index (χ3v) is 5.27. The molecular formula is C19H13BrCl2N2O5. The molecule has 0 aromatic heterocycles. The van der Waals surface area contributed by atoms with Gasteiger partial charge in [-0.2, -0.15) is 0 Å². The number of imide groups is 2. The van der Waals surface area contributed by atoms with Crippen molar-refractivity contribution in [1.29, 1.82) is 0 Å². The van der Waals surface area contributed by atoms with Gasteiger partial charge in [-0.3, -0.25) is 14.9 Å². The molecule has 0 aliphatic carbocycles. The first kappa shape index (κ1) is 21.2. The SMILES string of the molecule is CCOc1cc(/C=C2\C(=O)NC(=O)N(c3ccc(Cl)c(Cl)c3)C2=O)cc(Br)c1O. The lowest BCUT2D eigenvalue weighted by Gasteiger charge is -2.26. The van der Waals surface area contributed by atoms with Gasteiger partial charge in [-0.05, 0) is 64.8 Å². The summed E-state index contributed by atoms with van der Waals surface area (Å²) in [4.78, 5) is 38.3. The normalized spacial score (nSPS) is 15.7. The van der Waals surface area contributed by atoms with Crippen molar-refractivity contribution in [3.63, 3.8) is 0 Å². The molecule has 0 atom stereocenters. The molecule has 29 heavy (non-hydrogen) atoms. The molecule has 1 aliphatic heterocycles. The first-order valence-corrected chi connectivity index (χ1v) is 9.79. The summed E-state index contributed by atoms with van der Waals surface area (Å²) in [5.74, 6) is -1.62. The standard InChI is InChI=1S/C19H13BrCl2N2O5/c1-2-29-15-7-9(6-12(20)16(15)25)5-11-17(26)23-19(28)24(18(11)27)10-3-4-13(21)14(22)8-10/h3-8,25H,2H2,1H3,(H,23,26,28)/b11-5+. The maximum absolute atomic E-state index is 12.9. The highest BCUT2D eigenvalue weighted by molar-refractivity contribution is 9.10. The van der Waals surface area contributed by atoms with Crippen molar-refractivity contribution in [2.45, 2.75) is 6.92 Å². The number of phenols is 1. The second-order valence-corrected chi connectivity index (χ2v) is 7.51. The Bertz CT molecular complexity index is 1070. The highest BCUT2D eigenvalue weighted by Gasteiger charge is 2.37. The van der Waals surface area contributed by atoms with E-state index in [2.05, 4.69) is 21.2 Å². The molecule has 2 N–H and O–H groups in total. The maximum atomic E-state index is 12.9. The van der Waals surface area contributed by atoms with Crippen LogP contribution in [-0.4, -0.2) is 29.6 Å². The molecule has 3 rings (SSSR count). The zero-order valence-corrected chi connectivity index (χ0v) is 17.9. The number of nitrogens with one attached hydrogen (secondary N) is 1. The topological polar surface area (TPSA) is 95.9 Å². The van der Waals surface area contributed by atoms with Crippen molar-refractivity contribution >= 4 is 68.7 Å². The van der Waals surface area contributed by atoms with Crippen molar-refractivity contribution < 1.29 is 24.2 Å². The Labute approximate surface area is 184 Å².